The third kappa shape index (κ3) is 5.57. The summed E-state index contributed by atoms with van der Waals surface area (Å²) in [5.41, 5.74) is 2.86. The summed E-state index contributed by atoms with van der Waals surface area (Å²) in [6, 6.07) is 17.6. The number of nitrogens with one attached hydrogen (secondary N) is 1. The Morgan fingerprint density at radius 3 is 2.41 bits per heavy atom. The number of amides is 2. The van der Waals surface area contributed by atoms with Crippen LogP contribution in [0.2, 0.25) is 0 Å². The monoisotopic (exact) mass is 395 g/mol. The molecule has 0 aliphatic carbocycles. The van der Waals surface area contributed by atoms with Crippen molar-refractivity contribution >= 4 is 23.2 Å². The molecular weight excluding hydrogens is 366 g/mol. The first-order chi connectivity index (χ1) is 14.1. The van der Waals surface area contributed by atoms with Crippen LogP contribution in [0.4, 0.5) is 11.4 Å². The second-order valence-corrected chi connectivity index (χ2v) is 7.21. The van der Waals surface area contributed by atoms with Crippen LogP contribution in [0.25, 0.3) is 0 Å². The van der Waals surface area contributed by atoms with Gasteiger partial charge in [-0.15, -0.1) is 0 Å². The van der Waals surface area contributed by atoms with E-state index in [1.54, 1.807) is 11.8 Å². The fraction of sp³-hybridized carbons (Fsp3) is 0.391. The molecule has 1 atom stereocenters. The lowest BCUT2D eigenvalue weighted by atomic mass is 10.1. The van der Waals surface area contributed by atoms with E-state index in [9.17, 15) is 9.59 Å². The van der Waals surface area contributed by atoms with Crippen molar-refractivity contribution in [2.24, 2.45) is 0 Å². The van der Waals surface area contributed by atoms with Crippen LogP contribution in [0.15, 0.2) is 54.6 Å². The average molecular weight is 396 g/mol. The number of carbonyl (C=O) groups is 2. The van der Waals surface area contributed by atoms with Crippen molar-refractivity contribution < 1.29 is 14.3 Å². The Kier molecular flexibility index (Phi) is 7.25. The van der Waals surface area contributed by atoms with Gasteiger partial charge in [0.2, 0.25) is 11.8 Å². The fourth-order valence-electron chi connectivity index (χ4n) is 3.63. The molecule has 6 heteroatoms. The molecule has 2 aromatic carbocycles. The van der Waals surface area contributed by atoms with E-state index in [-0.39, 0.29) is 24.3 Å². The molecule has 154 valence electrons. The molecule has 1 unspecified atom stereocenters. The minimum atomic E-state index is -0.0998. The van der Waals surface area contributed by atoms with Crippen molar-refractivity contribution in [2.75, 3.05) is 43.1 Å². The zero-order valence-electron chi connectivity index (χ0n) is 17.1. The number of para-hydroxylation sites is 2. The summed E-state index contributed by atoms with van der Waals surface area (Å²) in [5, 5.41) is 3.02. The first kappa shape index (κ1) is 20.9. The van der Waals surface area contributed by atoms with Gasteiger partial charge >= 0.3 is 0 Å². The fourth-order valence-corrected chi connectivity index (χ4v) is 3.63. The highest BCUT2D eigenvalue weighted by molar-refractivity contribution is 5.94. The molecule has 0 spiro atoms. The Hall–Kier alpha value is -2.86. The van der Waals surface area contributed by atoms with Gasteiger partial charge in [0.25, 0.3) is 0 Å². The first-order valence-corrected chi connectivity index (χ1v) is 10.1. The van der Waals surface area contributed by atoms with Crippen molar-refractivity contribution in [1.82, 2.24) is 4.90 Å². The largest absolute Gasteiger partial charge is 0.378 e. The third-order valence-electron chi connectivity index (χ3n) is 5.26. The summed E-state index contributed by atoms with van der Waals surface area (Å²) in [6.45, 7) is 6.89. The Morgan fingerprint density at radius 1 is 1.07 bits per heavy atom. The highest BCUT2D eigenvalue weighted by Crippen LogP contribution is 2.27. The Balaban J connectivity index is 1.62. The van der Waals surface area contributed by atoms with E-state index in [1.165, 1.54) is 0 Å². The van der Waals surface area contributed by atoms with Gasteiger partial charge < -0.3 is 19.9 Å². The zero-order valence-corrected chi connectivity index (χ0v) is 17.1. The summed E-state index contributed by atoms with van der Waals surface area (Å²) in [4.78, 5) is 28.8. The standard InChI is InChI=1S/C23H29N3O3/c1-18(20-8-4-3-5-9-20)26(19(2)27)13-12-23(28)24-21-10-6-7-11-22(21)25-14-16-29-17-15-25/h3-11,18H,12-17H2,1-2H3,(H,24,28). The lowest BCUT2D eigenvalue weighted by Crippen LogP contribution is -2.37. The third-order valence-corrected chi connectivity index (χ3v) is 5.26. The van der Waals surface area contributed by atoms with Crippen LogP contribution < -0.4 is 10.2 Å². The highest BCUT2D eigenvalue weighted by atomic mass is 16.5. The van der Waals surface area contributed by atoms with Gasteiger partial charge in [-0.05, 0) is 24.6 Å². The molecule has 1 heterocycles. The Labute approximate surface area is 172 Å². The minimum absolute atomic E-state index is 0.0390. The van der Waals surface area contributed by atoms with E-state index in [0.29, 0.717) is 19.8 Å². The van der Waals surface area contributed by atoms with E-state index in [2.05, 4.69) is 10.2 Å². The molecule has 0 bridgehead atoms. The number of ether oxygens (including phenoxy) is 1. The molecule has 1 saturated heterocycles. The number of carbonyl (C=O) groups excluding carboxylic acids is 2. The van der Waals surface area contributed by atoms with Gasteiger partial charge in [-0.1, -0.05) is 42.5 Å². The number of nitrogens with zero attached hydrogens (tertiary/aromatic N) is 2. The molecule has 1 N–H and O–H groups in total. The summed E-state index contributed by atoms with van der Waals surface area (Å²) < 4.78 is 5.42. The average Bonchev–Trinajstić information content (AvgIpc) is 2.75. The topological polar surface area (TPSA) is 61.9 Å². The maximum atomic E-state index is 12.6. The van der Waals surface area contributed by atoms with E-state index >= 15 is 0 Å². The molecule has 1 aliphatic rings. The molecular formula is C23H29N3O3. The van der Waals surface area contributed by atoms with Crippen LogP contribution in [0.5, 0.6) is 0 Å². The van der Waals surface area contributed by atoms with Crippen LogP contribution >= 0.6 is 0 Å². The lowest BCUT2D eigenvalue weighted by molar-refractivity contribution is -0.131. The van der Waals surface area contributed by atoms with Gasteiger partial charge in [-0.3, -0.25) is 9.59 Å². The number of hydrogen-bond acceptors (Lipinski definition) is 4. The normalized spacial score (nSPS) is 14.9. The number of hydrogen-bond donors (Lipinski definition) is 1. The number of anilines is 2. The minimum Gasteiger partial charge on any atom is -0.378 e. The molecule has 29 heavy (non-hydrogen) atoms. The van der Waals surface area contributed by atoms with Crippen molar-refractivity contribution in [3.63, 3.8) is 0 Å². The van der Waals surface area contributed by atoms with Crippen LogP contribution in [0.3, 0.4) is 0 Å². The summed E-state index contributed by atoms with van der Waals surface area (Å²) >= 11 is 0. The van der Waals surface area contributed by atoms with Crippen molar-refractivity contribution in [3.05, 3.63) is 60.2 Å². The van der Waals surface area contributed by atoms with Crippen LogP contribution in [-0.4, -0.2) is 49.6 Å². The maximum Gasteiger partial charge on any atom is 0.226 e. The highest BCUT2D eigenvalue weighted by Gasteiger charge is 2.20. The predicted molar refractivity (Wildman–Crippen MR) is 115 cm³/mol. The Morgan fingerprint density at radius 2 is 1.72 bits per heavy atom. The second-order valence-electron chi connectivity index (χ2n) is 7.21. The zero-order chi connectivity index (χ0) is 20.6. The van der Waals surface area contributed by atoms with Gasteiger partial charge in [0.05, 0.1) is 30.6 Å². The van der Waals surface area contributed by atoms with Crippen molar-refractivity contribution in [3.8, 4) is 0 Å². The summed E-state index contributed by atoms with van der Waals surface area (Å²) in [5.74, 6) is -0.139. The maximum absolute atomic E-state index is 12.6. The predicted octanol–water partition coefficient (Wildman–Crippen LogP) is 3.46. The second kappa shape index (κ2) is 10.1. The van der Waals surface area contributed by atoms with Gasteiger partial charge in [0, 0.05) is 33.0 Å². The van der Waals surface area contributed by atoms with E-state index in [0.717, 1.165) is 30.0 Å². The lowest BCUT2D eigenvalue weighted by Gasteiger charge is -2.31. The van der Waals surface area contributed by atoms with Gasteiger partial charge in [0.15, 0.2) is 0 Å². The van der Waals surface area contributed by atoms with Crippen LogP contribution in [0.1, 0.15) is 31.9 Å². The Bertz CT molecular complexity index is 819. The molecule has 3 rings (SSSR count). The van der Waals surface area contributed by atoms with Crippen LogP contribution in [-0.2, 0) is 14.3 Å². The number of benzene rings is 2. The molecule has 6 nitrogen and oxygen atoms in total. The van der Waals surface area contributed by atoms with Gasteiger partial charge in [-0.25, -0.2) is 0 Å². The molecule has 1 fully saturated rings. The quantitative estimate of drug-likeness (QED) is 0.780. The summed E-state index contributed by atoms with van der Waals surface area (Å²) in [6.07, 6.45) is 0.244. The van der Waals surface area contributed by atoms with E-state index < -0.39 is 0 Å². The summed E-state index contributed by atoms with van der Waals surface area (Å²) in [7, 11) is 0. The van der Waals surface area contributed by atoms with E-state index in [4.69, 9.17) is 4.74 Å². The van der Waals surface area contributed by atoms with Gasteiger partial charge in [0.1, 0.15) is 0 Å². The van der Waals surface area contributed by atoms with Crippen LogP contribution in [0, 0.1) is 0 Å². The van der Waals surface area contributed by atoms with Gasteiger partial charge in [-0.2, -0.15) is 0 Å². The molecule has 2 aromatic rings. The van der Waals surface area contributed by atoms with Crippen molar-refractivity contribution in [2.45, 2.75) is 26.3 Å². The molecule has 0 aromatic heterocycles. The molecule has 0 radical (unpaired) electrons. The smallest absolute Gasteiger partial charge is 0.226 e. The number of rotatable bonds is 7. The van der Waals surface area contributed by atoms with E-state index in [1.807, 2.05) is 61.5 Å². The molecule has 1 aliphatic heterocycles. The first-order valence-electron chi connectivity index (χ1n) is 10.1. The number of morpholine rings is 1. The van der Waals surface area contributed by atoms with Crippen molar-refractivity contribution in [1.29, 1.82) is 0 Å². The SMILES string of the molecule is CC(=O)N(CCC(=O)Nc1ccccc1N1CCOCC1)C(C)c1ccccc1. The molecule has 0 saturated carbocycles. The molecule has 2 amide bonds.